The van der Waals surface area contributed by atoms with Gasteiger partial charge in [-0.05, 0) is 61.1 Å². The van der Waals surface area contributed by atoms with E-state index in [1.807, 2.05) is 12.1 Å². The molecule has 1 aliphatic heterocycles. The van der Waals surface area contributed by atoms with Gasteiger partial charge in [-0.3, -0.25) is 4.79 Å². The summed E-state index contributed by atoms with van der Waals surface area (Å²) < 4.78 is 5.32. The van der Waals surface area contributed by atoms with E-state index in [1.165, 1.54) is 17.5 Å². The number of urea groups is 1. The molecule has 1 unspecified atom stereocenters. The average molecular weight is 431 g/mol. The maximum Gasteiger partial charge on any atom is 0.323 e. The molecule has 4 rings (SSSR count). The van der Waals surface area contributed by atoms with Crippen molar-refractivity contribution in [2.45, 2.75) is 31.7 Å². The van der Waals surface area contributed by atoms with E-state index in [1.54, 1.807) is 24.3 Å². The van der Waals surface area contributed by atoms with Crippen LogP contribution in [0.4, 0.5) is 21.9 Å². The molecule has 3 amide bonds. The first-order chi connectivity index (χ1) is 14.2. The van der Waals surface area contributed by atoms with Crippen molar-refractivity contribution < 1.29 is 14.3 Å². The Kier molecular flexibility index (Phi) is 7.68. The van der Waals surface area contributed by atoms with Crippen molar-refractivity contribution in [1.82, 2.24) is 5.32 Å². The van der Waals surface area contributed by atoms with Crippen LogP contribution in [0.15, 0.2) is 42.5 Å². The molecule has 0 aromatic heterocycles. The molecule has 7 nitrogen and oxygen atoms in total. The molecule has 0 bridgehead atoms. The number of hydrogen-bond acceptors (Lipinski definition) is 4. The summed E-state index contributed by atoms with van der Waals surface area (Å²) in [5, 5.41) is 11.8. The van der Waals surface area contributed by atoms with E-state index in [9.17, 15) is 9.59 Å². The molecule has 1 saturated heterocycles. The fraction of sp³-hybridized carbons (Fsp3) is 0.364. The molecule has 1 fully saturated rings. The van der Waals surface area contributed by atoms with Crippen molar-refractivity contribution in [2.24, 2.45) is 0 Å². The second-order valence-corrected chi connectivity index (χ2v) is 7.38. The molecule has 1 aliphatic carbocycles. The number of fused-ring (bicyclic) bond motifs is 1. The van der Waals surface area contributed by atoms with Crippen LogP contribution in [0.2, 0.25) is 0 Å². The fourth-order valence-corrected chi connectivity index (χ4v) is 3.82. The largest absolute Gasteiger partial charge is 0.378 e. The Bertz CT molecular complexity index is 900. The standard InChI is InChI=1S/C22H26N4O3.ClH/c27-21(20-14-29-12-11-23-20)24-16-7-4-8-17(13-16)25-22(28)26-19-10-3-6-15-5-1-2-9-18(15)19;/h3-4,6-8,10,13,20,23H,1-2,5,9,11-12,14H2,(H,24,27)(H2,25,26,28);1H. The van der Waals surface area contributed by atoms with Crippen molar-refractivity contribution >= 4 is 41.4 Å². The van der Waals surface area contributed by atoms with Crippen LogP contribution in [0.1, 0.15) is 24.0 Å². The predicted molar refractivity (Wildman–Crippen MR) is 121 cm³/mol. The van der Waals surface area contributed by atoms with Crippen molar-refractivity contribution in [3.8, 4) is 0 Å². The van der Waals surface area contributed by atoms with Crippen LogP contribution in [0.5, 0.6) is 0 Å². The lowest BCUT2D eigenvalue weighted by atomic mass is 9.90. The summed E-state index contributed by atoms with van der Waals surface area (Å²) in [5.41, 5.74) is 4.65. The third-order valence-electron chi connectivity index (χ3n) is 5.27. The van der Waals surface area contributed by atoms with E-state index in [-0.39, 0.29) is 30.4 Å². The molecule has 4 N–H and O–H groups in total. The monoisotopic (exact) mass is 430 g/mol. The molecule has 1 atom stereocenters. The number of hydrogen-bond donors (Lipinski definition) is 4. The molecule has 2 aromatic rings. The second-order valence-electron chi connectivity index (χ2n) is 7.38. The van der Waals surface area contributed by atoms with Crippen molar-refractivity contribution in [3.63, 3.8) is 0 Å². The van der Waals surface area contributed by atoms with Gasteiger partial charge in [0.05, 0.1) is 13.2 Å². The van der Waals surface area contributed by atoms with Gasteiger partial charge in [-0.2, -0.15) is 0 Å². The smallest absolute Gasteiger partial charge is 0.323 e. The number of nitrogens with one attached hydrogen (secondary N) is 4. The SMILES string of the molecule is Cl.O=C(Nc1cccc(NC(=O)C2COCCN2)c1)Nc1cccc2c1CCCC2. The summed E-state index contributed by atoms with van der Waals surface area (Å²) in [4.78, 5) is 24.8. The highest BCUT2D eigenvalue weighted by molar-refractivity contribution is 6.01. The van der Waals surface area contributed by atoms with Gasteiger partial charge in [-0.25, -0.2) is 4.79 Å². The molecule has 30 heavy (non-hydrogen) atoms. The minimum atomic E-state index is -0.368. The number of rotatable bonds is 4. The van der Waals surface area contributed by atoms with Gasteiger partial charge in [-0.1, -0.05) is 18.2 Å². The number of anilines is 3. The third kappa shape index (κ3) is 5.50. The van der Waals surface area contributed by atoms with Crippen LogP contribution in [-0.4, -0.2) is 37.7 Å². The van der Waals surface area contributed by atoms with Gasteiger partial charge < -0.3 is 26.0 Å². The fourth-order valence-electron chi connectivity index (χ4n) is 3.82. The van der Waals surface area contributed by atoms with Gasteiger partial charge in [0.1, 0.15) is 6.04 Å². The Morgan fingerprint density at radius 2 is 1.73 bits per heavy atom. The Morgan fingerprint density at radius 3 is 2.53 bits per heavy atom. The second kappa shape index (κ2) is 10.4. The van der Waals surface area contributed by atoms with Crippen LogP contribution < -0.4 is 21.3 Å². The van der Waals surface area contributed by atoms with Gasteiger partial charge in [0.25, 0.3) is 0 Å². The normalized spacial score (nSPS) is 17.8. The number of carbonyl (C=O) groups excluding carboxylic acids is 2. The van der Waals surface area contributed by atoms with Gasteiger partial charge in [0.15, 0.2) is 0 Å². The number of carbonyl (C=O) groups is 2. The molecule has 0 radical (unpaired) electrons. The number of benzene rings is 2. The van der Waals surface area contributed by atoms with Crippen molar-refractivity contribution in [2.75, 3.05) is 35.7 Å². The molecule has 2 aromatic carbocycles. The summed E-state index contributed by atoms with van der Waals surface area (Å²) in [6.45, 7) is 1.62. The quantitative estimate of drug-likeness (QED) is 0.597. The van der Waals surface area contributed by atoms with E-state index < -0.39 is 0 Å². The zero-order valence-electron chi connectivity index (χ0n) is 16.7. The lowest BCUT2D eigenvalue weighted by Gasteiger charge is -2.23. The summed E-state index contributed by atoms with van der Waals surface area (Å²) in [5.74, 6) is -0.151. The Labute approximate surface area is 182 Å². The van der Waals surface area contributed by atoms with Crippen LogP contribution in [0.3, 0.4) is 0 Å². The minimum absolute atomic E-state index is 0. The van der Waals surface area contributed by atoms with Gasteiger partial charge in [0, 0.05) is 23.6 Å². The predicted octanol–water partition coefficient (Wildman–Crippen LogP) is 3.56. The number of morpholine rings is 1. The highest BCUT2D eigenvalue weighted by Crippen LogP contribution is 2.28. The zero-order chi connectivity index (χ0) is 20.1. The molecule has 1 heterocycles. The van der Waals surface area contributed by atoms with E-state index in [0.29, 0.717) is 31.1 Å². The van der Waals surface area contributed by atoms with E-state index in [0.717, 1.165) is 24.9 Å². The van der Waals surface area contributed by atoms with Crippen LogP contribution >= 0.6 is 12.4 Å². The molecule has 0 saturated carbocycles. The number of ether oxygens (including phenoxy) is 1. The molecule has 0 spiro atoms. The van der Waals surface area contributed by atoms with Crippen LogP contribution in [0.25, 0.3) is 0 Å². The molecular weight excluding hydrogens is 404 g/mol. The van der Waals surface area contributed by atoms with Crippen molar-refractivity contribution in [1.29, 1.82) is 0 Å². The number of amides is 3. The first-order valence-corrected chi connectivity index (χ1v) is 10.1. The van der Waals surface area contributed by atoms with E-state index >= 15 is 0 Å². The third-order valence-corrected chi connectivity index (χ3v) is 5.27. The van der Waals surface area contributed by atoms with E-state index in [4.69, 9.17) is 4.74 Å². The molecule has 160 valence electrons. The number of aryl methyl sites for hydroxylation is 1. The van der Waals surface area contributed by atoms with Gasteiger partial charge in [-0.15, -0.1) is 12.4 Å². The lowest BCUT2D eigenvalue weighted by molar-refractivity contribution is -0.120. The highest BCUT2D eigenvalue weighted by atomic mass is 35.5. The molecule has 8 heteroatoms. The summed E-state index contributed by atoms with van der Waals surface area (Å²) >= 11 is 0. The first-order valence-electron chi connectivity index (χ1n) is 10.1. The minimum Gasteiger partial charge on any atom is -0.378 e. The van der Waals surface area contributed by atoms with Crippen molar-refractivity contribution in [3.05, 3.63) is 53.6 Å². The first kappa shape index (κ1) is 22.1. The maximum atomic E-state index is 12.5. The summed E-state index contributed by atoms with van der Waals surface area (Å²) in [6.07, 6.45) is 4.40. The average Bonchev–Trinajstić information content (AvgIpc) is 2.75. The summed E-state index contributed by atoms with van der Waals surface area (Å²) in [7, 11) is 0. The highest BCUT2D eigenvalue weighted by Gasteiger charge is 2.21. The van der Waals surface area contributed by atoms with Crippen LogP contribution in [0, 0.1) is 0 Å². The Hall–Kier alpha value is -2.61. The molecular formula is C22H27ClN4O3. The van der Waals surface area contributed by atoms with Gasteiger partial charge in [0.2, 0.25) is 5.91 Å². The summed E-state index contributed by atoms with van der Waals surface area (Å²) in [6, 6.07) is 12.5. The maximum absolute atomic E-state index is 12.5. The topological polar surface area (TPSA) is 91.5 Å². The van der Waals surface area contributed by atoms with E-state index in [2.05, 4.69) is 27.3 Å². The Morgan fingerprint density at radius 1 is 0.967 bits per heavy atom. The van der Waals surface area contributed by atoms with Crippen LogP contribution in [-0.2, 0) is 22.4 Å². The number of halogens is 1. The van der Waals surface area contributed by atoms with Gasteiger partial charge >= 0.3 is 6.03 Å². The Balaban J connectivity index is 0.00000256. The lowest BCUT2D eigenvalue weighted by Crippen LogP contribution is -2.48. The molecule has 2 aliphatic rings. The zero-order valence-corrected chi connectivity index (χ0v) is 17.5.